The molecule has 0 aliphatic carbocycles. The Morgan fingerprint density at radius 2 is 1.77 bits per heavy atom. The lowest BCUT2D eigenvalue weighted by atomic mass is 10.1. The van der Waals surface area contributed by atoms with Gasteiger partial charge in [-0.2, -0.15) is 13.2 Å². The lowest BCUT2D eigenvalue weighted by Gasteiger charge is -2.11. The minimum atomic E-state index is -4.61. The summed E-state index contributed by atoms with van der Waals surface area (Å²) >= 11 is 11.7. The van der Waals surface area contributed by atoms with E-state index in [1.807, 2.05) is 0 Å². The van der Waals surface area contributed by atoms with Crippen LogP contribution in [0.1, 0.15) is 15.9 Å². The van der Waals surface area contributed by atoms with Crippen LogP contribution in [0, 0.1) is 0 Å². The minimum absolute atomic E-state index is 0.112. The van der Waals surface area contributed by atoms with E-state index in [2.05, 4.69) is 5.32 Å². The molecule has 0 saturated heterocycles. The van der Waals surface area contributed by atoms with E-state index in [0.717, 1.165) is 12.1 Å². The summed E-state index contributed by atoms with van der Waals surface area (Å²) in [6.45, 7) is 0. The molecule has 134 valence electrons. The predicted octanol–water partition coefficient (Wildman–Crippen LogP) is 5.37. The summed E-state index contributed by atoms with van der Waals surface area (Å²) < 4.78 is 43.4. The van der Waals surface area contributed by atoms with E-state index in [9.17, 15) is 22.8 Å². The van der Waals surface area contributed by atoms with Crippen molar-refractivity contribution in [1.29, 1.82) is 0 Å². The molecular formula is C17H8Cl2F3NO3. The summed E-state index contributed by atoms with van der Waals surface area (Å²) in [6.07, 6.45) is -4.61. The third-order valence-corrected chi connectivity index (χ3v) is 4.05. The van der Waals surface area contributed by atoms with Crippen LogP contribution in [-0.2, 0) is 6.18 Å². The van der Waals surface area contributed by atoms with E-state index in [1.54, 1.807) is 0 Å². The van der Waals surface area contributed by atoms with Gasteiger partial charge in [0.1, 0.15) is 11.1 Å². The normalized spacial score (nSPS) is 11.6. The monoisotopic (exact) mass is 401 g/mol. The minimum Gasteiger partial charge on any atom is -0.422 e. The fraction of sp³-hybridized carbons (Fsp3) is 0.0588. The molecule has 0 saturated carbocycles. The van der Waals surface area contributed by atoms with Crippen LogP contribution in [0.5, 0.6) is 0 Å². The van der Waals surface area contributed by atoms with Gasteiger partial charge in [-0.3, -0.25) is 4.79 Å². The number of halogens is 5. The maximum absolute atomic E-state index is 12.8. The van der Waals surface area contributed by atoms with E-state index in [1.165, 1.54) is 24.3 Å². The molecule has 1 heterocycles. The van der Waals surface area contributed by atoms with Crippen LogP contribution in [-0.4, -0.2) is 5.91 Å². The number of alkyl halides is 3. The second-order valence-electron chi connectivity index (χ2n) is 5.28. The first-order valence-electron chi connectivity index (χ1n) is 7.06. The van der Waals surface area contributed by atoms with Gasteiger partial charge in [0, 0.05) is 10.4 Å². The molecule has 3 aromatic rings. The number of fused-ring (bicyclic) bond motifs is 1. The van der Waals surface area contributed by atoms with Crippen LogP contribution in [0.3, 0.4) is 0 Å². The fourth-order valence-corrected chi connectivity index (χ4v) is 2.58. The molecule has 0 radical (unpaired) electrons. The Hall–Kier alpha value is -2.51. The van der Waals surface area contributed by atoms with Crippen molar-refractivity contribution in [3.63, 3.8) is 0 Å². The van der Waals surface area contributed by atoms with Crippen molar-refractivity contribution in [3.8, 4) is 0 Å². The maximum atomic E-state index is 12.8. The third kappa shape index (κ3) is 3.68. The molecule has 0 atom stereocenters. The standard InChI is InChI=1S/C17H8Cl2F3NO3/c18-10-2-4-14-8(5-10)6-11(16(25)26-14)15(24)23-13-7-9(17(20,21)22)1-3-12(13)19/h1-7H,(H,23,24). The quantitative estimate of drug-likeness (QED) is 0.587. The lowest BCUT2D eigenvalue weighted by molar-refractivity contribution is -0.137. The first-order valence-corrected chi connectivity index (χ1v) is 7.82. The highest BCUT2D eigenvalue weighted by atomic mass is 35.5. The van der Waals surface area contributed by atoms with Crippen molar-refractivity contribution in [1.82, 2.24) is 0 Å². The molecule has 1 N–H and O–H groups in total. The first kappa shape index (κ1) is 18.3. The van der Waals surface area contributed by atoms with Crippen LogP contribution in [0.4, 0.5) is 18.9 Å². The molecule has 1 amide bonds. The van der Waals surface area contributed by atoms with E-state index < -0.39 is 28.8 Å². The Kier molecular flexibility index (Phi) is 4.68. The summed E-state index contributed by atoms with van der Waals surface area (Å²) in [5.74, 6) is -0.957. The van der Waals surface area contributed by atoms with E-state index >= 15 is 0 Å². The largest absolute Gasteiger partial charge is 0.422 e. The van der Waals surface area contributed by atoms with Crippen LogP contribution in [0.2, 0.25) is 10.0 Å². The number of amides is 1. The Morgan fingerprint density at radius 1 is 1.04 bits per heavy atom. The van der Waals surface area contributed by atoms with Gasteiger partial charge in [-0.25, -0.2) is 4.79 Å². The van der Waals surface area contributed by atoms with Gasteiger partial charge in [-0.1, -0.05) is 23.2 Å². The molecule has 3 rings (SSSR count). The molecule has 4 nitrogen and oxygen atoms in total. The van der Waals surface area contributed by atoms with Gasteiger partial charge in [0.15, 0.2) is 0 Å². The van der Waals surface area contributed by atoms with Gasteiger partial charge in [0.2, 0.25) is 0 Å². The average molecular weight is 402 g/mol. The van der Waals surface area contributed by atoms with Gasteiger partial charge in [0.25, 0.3) is 5.91 Å². The zero-order valence-corrected chi connectivity index (χ0v) is 14.2. The third-order valence-electron chi connectivity index (χ3n) is 3.48. The summed E-state index contributed by atoms with van der Waals surface area (Å²) in [4.78, 5) is 24.3. The van der Waals surface area contributed by atoms with Crippen LogP contribution in [0.15, 0.2) is 51.7 Å². The molecule has 0 unspecified atom stereocenters. The topological polar surface area (TPSA) is 59.3 Å². The summed E-state index contributed by atoms with van der Waals surface area (Å²) in [6, 6.07) is 8.16. The van der Waals surface area contributed by atoms with E-state index in [0.29, 0.717) is 16.5 Å². The zero-order chi connectivity index (χ0) is 19.1. The van der Waals surface area contributed by atoms with E-state index in [4.69, 9.17) is 27.6 Å². The van der Waals surface area contributed by atoms with Gasteiger partial charge < -0.3 is 9.73 Å². The van der Waals surface area contributed by atoms with Crippen LogP contribution in [0.25, 0.3) is 11.0 Å². The molecule has 0 bridgehead atoms. The maximum Gasteiger partial charge on any atom is 0.416 e. The highest BCUT2D eigenvalue weighted by Gasteiger charge is 2.31. The zero-order valence-electron chi connectivity index (χ0n) is 12.7. The fourth-order valence-electron chi connectivity index (χ4n) is 2.24. The second kappa shape index (κ2) is 6.66. The van der Waals surface area contributed by atoms with E-state index in [-0.39, 0.29) is 16.3 Å². The Morgan fingerprint density at radius 3 is 2.46 bits per heavy atom. The molecule has 0 fully saturated rings. The summed E-state index contributed by atoms with van der Waals surface area (Å²) in [5, 5.41) is 2.83. The SMILES string of the molecule is O=C(Nc1cc(C(F)(F)F)ccc1Cl)c1cc2cc(Cl)ccc2oc1=O. The average Bonchev–Trinajstić information content (AvgIpc) is 2.55. The smallest absolute Gasteiger partial charge is 0.416 e. The molecule has 0 spiro atoms. The molecule has 0 aliphatic rings. The Bertz CT molecular complexity index is 1080. The number of hydrogen-bond acceptors (Lipinski definition) is 3. The van der Waals surface area contributed by atoms with Gasteiger partial charge in [-0.05, 0) is 42.5 Å². The molecule has 26 heavy (non-hydrogen) atoms. The molecule has 0 aliphatic heterocycles. The highest BCUT2D eigenvalue weighted by Crippen LogP contribution is 2.34. The second-order valence-corrected chi connectivity index (χ2v) is 6.12. The van der Waals surface area contributed by atoms with Crippen molar-refractivity contribution in [2.75, 3.05) is 5.32 Å². The highest BCUT2D eigenvalue weighted by molar-refractivity contribution is 6.34. The Balaban J connectivity index is 1.99. The van der Waals surface area contributed by atoms with Gasteiger partial charge >= 0.3 is 11.8 Å². The number of benzene rings is 2. The summed E-state index contributed by atoms with van der Waals surface area (Å²) in [7, 11) is 0. The van der Waals surface area contributed by atoms with Crippen molar-refractivity contribution in [2.24, 2.45) is 0 Å². The van der Waals surface area contributed by atoms with Crippen molar-refractivity contribution in [2.45, 2.75) is 6.18 Å². The van der Waals surface area contributed by atoms with Crippen LogP contribution < -0.4 is 10.9 Å². The van der Waals surface area contributed by atoms with Crippen molar-refractivity contribution < 1.29 is 22.4 Å². The summed E-state index contributed by atoms with van der Waals surface area (Å²) in [5.41, 5.74) is -2.40. The number of rotatable bonds is 2. The van der Waals surface area contributed by atoms with Crippen LogP contribution >= 0.6 is 23.2 Å². The number of anilines is 1. The number of nitrogens with one attached hydrogen (secondary N) is 1. The number of hydrogen-bond donors (Lipinski definition) is 1. The molecular weight excluding hydrogens is 394 g/mol. The van der Waals surface area contributed by atoms with Gasteiger partial charge in [-0.15, -0.1) is 0 Å². The molecule has 9 heteroatoms. The molecule has 2 aromatic carbocycles. The first-order chi connectivity index (χ1) is 12.1. The Labute approximate surface area is 154 Å². The van der Waals surface area contributed by atoms with Crippen molar-refractivity contribution >= 4 is 45.8 Å². The van der Waals surface area contributed by atoms with Crippen molar-refractivity contribution in [3.05, 3.63) is 74.1 Å². The predicted molar refractivity (Wildman–Crippen MR) is 91.9 cm³/mol. The lowest BCUT2D eigenvalue weighted by Crippen LogP contribution is -2.21. The van der Waals surface area contributed by atoms with Gasteiger partial charge in [0.05, 0.1) is 16.3 Å². The molecule has 1 aromatic heterocycles. The number of carbonyl (C=O) groups is 1. The number of carbonyl (C=O) groups excluding carboxylic acids is 1.